The Labute approximate surface area is 132 Å². The van der Waals surface area contributed by atoms with Crippen LogP contribution < -0.4 is 5.32 Å². The Hall–Kier alpha value is -2.14. The summed E-state index contributed by atoms with van der Waals surface area (Å²) in [5.41, 5.74) is 1.93. The van der Waals surface area contributed by atoms with E-state index >= 15 is 0 Å². The molecule has 0 aromatic carbocycles. The van der Waals surface area contributed by atoms with E-state index in [2.05, 4.69) is 27.8 Å². The molecule has 1 aliphatic carbocycles. The molecule has 0 bridgehead atoms. The van der Waals surface area contributed by atoms with Crippen molar-refractivity contribution in [2.75, 3.05) is 6.54 Å². The molecular formula is C17H17N3OS. The summed E-state index contributed by atoms with van der Waals surface area (Å²) >= 11 is 1.68. The number of carbonyl (C=O) groups excluding carboxylic acids is 1. The van der Waals surface area contributed by atoms with E-state index in [1.165, 1.54) is 12.8 Å². The second kappa shape index (κ2) is 5.57. The molecule has 4 rings (SSSR count). The van der Waals surface area contributed by atoms with Crippen molar-refractivity contribution < 1.29 is 4.79 Å². The van der Waals surface area contributed by atoms with Gasteiger partial charge in [-0.05, 0) is 48.4 Å². The Balaban J connectivity index is 1.67. The van der Waals surface area contributed by atoms with Gasteiger partial charge in [0.2, 0.25) is 5.91 Å². The van der Waals surface area contributed by atoms with Gasteiger partial charge in [0.25, 0.3) is 0 Å². The van der Waals surface area contributed by atoms with E-state index in [0.29, 0.717) is 12.5 Å². The van der Waals surface area contributed by atoms with Gasteiger partial charge in [0.15, 0.2) is 0 Å². The lowest BCUT2D eigenvalue weighted by atomic mass is 10.3. The fraction of sp³-hybridized carbons (Fsp3) is 0.294. The molecule has 3 aromatic rings. The number of nitrogens with zero attached hydrogens (tertiary/aromatic N) is 2. The maximum Gasteiger partial charge on any atom is 0.240 e. The Bertz CT molecular complexity index is 803. The van der Waals surface area contributed by atoms with Crippen molar-refractivity contribution in [3.8, 4) is 10.6 Å². The third kappa shape index (κ3) is 2.64. The van der Waals surface area contributed by atoms with Crippen LogP contribution in [-0.4, -0.2) is 22.0 Å². The maximum absolute atomic E-state index is 12.3. The third-order valence-corrected chi connectivity index (χ3v) is 4.91. The zero-order chi connectivity index (χ0) is 14.9. The molecule has 22 heavy (non-hydrogen) atoms. The first kappa shape index (κ1) is 13.5. The van der Waals surface area contributed by atoms with Gasteiger partial charge in [-0.25, -0.2) is 4.98 Å². The standard InChI is InChI=1S/C17H17N3OS/c21-16(19-10-12-5-6-12)11-20-14(15-4-2-8-22-15)9-13-3-1-7-18-17(13)20/h1-4,7-9,12H,5-6,10-11H2,(H,19,21). The molecule has 0 aliphatic heterocycles. The average molecular weight is 311 g/mol. The summed E-state index contributed by atoms with van der Waals surface area (Å²) < 4.78 is 2.02. The second-order valence-corrected chi connectivity index (χ2v) is 6.70. The van der Waals surface area contributed by atoms with Crippen LogP contribution in [0.4, 0.5) is 0 Å². The summed E-state index contributed by atoms with van der Waals surface area (Å²) in [6, 6.07) is 10.2. The van der Waals surface area contributed by atoms with Gasteiger partial charge in [-0.2, -0.15) is 0 Å². The number of thiophene rings is 1. The first-order chi connectivity index (χ1) is 10.8. The molecule has 1 N–H and O–H groups in total. The molecule has 3 aromatic heterocycles. The highest BCUT2D eigenvalue weighted by Gasteiger charge is 2.22. The molecule has 0 saturated heterocycles. The van der Waals surface area contributed by atoms with Crippen LogP contribution >= 0.6 is 11.3 Å². The zero-order valence-electron chi connectivity index (χ0n) is 12.2. The van der Waals surface area contributed by atoms with E-state index in [4.69, 9.17) is 0 Å². The number of rotatable bonds is 5. The van der Waals surface area contributed by atoms with Crippen molar-refractivity contribution in [3.05, 3.63) is 41.9 Å². The molecule has 0 atom stereocenters. The summed E-state index contributed by atoms with van der Waals surface area (Å²) in [5.74, 6) is 0.758. The topological polar surface area (TPSA) is 46.9 Å². The fourth-order valence-corrected chi connectivity index (χ4v) is 3.41. The van der Waals surface area contributed by atoms with Crippen molar-refractivity contribution in [2.45, 2.75) is 19.4 Å². The average Bonchev–Trinajstić information content (AvgIpc) is 3.07. The quantitative estimate of drug-likeness (QED) is 0.786. The van der Waals surface area contributed by atoms with Gasteiger partial charge >= 0.3 is 0 Å². The molecular weight excluding hydrogens is 294 g/mol. The van der Waals surface area contributed by atoms with Crippen LogP contribution in [0, 0.1) is 5.92 Å². The van der Waals surface area contributed by atoms with Crippen molar-refractivity contribution in [1.82, 2.24) is 14.9 Å². The second-order valence-electron chi connectivity index (χ2n) is 5.76. The molecule has 112 valence electrons. The van der Waals surface area contributed by atoms with Gasteiger partial charge in [-0.1, -0.05) is 6.07 Å². The van der Waals surface area contributed by atoms with Crippen LogP contribution in [0.5, 0.6) is 0 Å². The number of hydrogen-bond donors (Lipinski definition) is 1. The van der Waals surface area contributed by atoms with Gasteiger partial charge in [0.05, 0.1) is 10.6 Å². The van der Waals surface area contributed by atoms with E-state index in [-0.39, 0.29) is 5.91 Å². The molecule has 1 aliphatic rings. The summed E-state index contributed by atoms with van der Waals surface area (Å²) in [6.45, 7) is 1.13. The number of amides is 1. The van der Waals surface area contributed by atoms with Crippen molar-refractivity contribution >= 4 is 28.3 Å². The first-order valence-electron chi connectivity index (χ1n) is 7.56. The Morgan fingerprint density at radius 3 is 3.05 bits per heavy atom. The summed E-state index contributed by atoms with van der Waals surface area (Å²) in [6.07, 6.45) is 4.27. The lowest BCUT2D eigenvalue weighted by Gasteiger charge is -2.09. The molecule has 5 heteroatoms. The van der Waals surface area contributed by atoms with E-state index in [1.54, 1.807) is 17.5 Å². The van der Waals surface area contributed by atoms with Gasteiger partial charge in [-0.15, -0.1) is 11.3 Å². The molecule has 1 fully saturated rings. The van der Waals surface area contributed by atoms with E-state index in [9.17, 15) is 4.79 Å². The molecule has 1 saturated carbocycles. The van der Waals surface area contributed by atoms with Crippen LogP contribution in [0.1, 0.15) is 12.8 Å². The number of pyridine rings is 1. The number of aromatic nitrogens is 2. The van der Waals surface area contributed by atoms with E-state index in [1.807, 2.05) is 22.8 Å². The molecule has 0 radical (unpaired) electrons. The van der Waals surface area contributed by atoms with Gasteiger partial charge in [0.1, 0.15) is 12.2 Å². The minimum Gasteiger partial charge on any atom is -0.354 e. The van der Waals surface area contributed by atoms with Crippen LogP contribution in [0.15, 0.2) is 41.9 Å². The minimum absolute atomic E-state index is 0.0628. The van der Waals surface area contributed by atoms with E-state index in [0.717, 1.165) is 28.1 Å². The third-order valence-electron chi connectivity index (χ3n) is 4.02. The minimum atomic E-state index is 0.0628. The molecule has 4 nitrogen and oxygen atoms in total. The number of hydrogen-bond acceptors (Lipinski definition) is 3. The normalized spacial score (nSPS) is 14.4. The number of fused-ring (bicyclic) bond motifs is 1. The lowest BCUT2D eigenvalue weighted by molar-refractivity contribution is -0.121. The Morgan fingerprint density at radius 2 is 2.27 bits per heavy atom. The molecule has 1 amide bonds. The van der Waals surface area contributed by atoms with Gasteiger partial charge in [-0.3, -0.25) is 4.79 Å². The number of nitrogens with one attached hydrogen (secondary N) is 1. The largest absolute Gasteiger partial charge is 0.354 e. The SMILES string of the molecule is O=C(Cn1c(-c2cccs2)cc2cccnc21)NCC1CC1. The predicted octanol–water partition coefficient (Wildman–Crippen LogP) is 3.29. The smallest absolute Gasteiger partial charge is 0.240 e. The Morgan fingerprint density at radius 1 is 1.36 bits per heavy atom. The van der Waals surface area contributed by atoms with Crippen molar-refractivity contribution in [2.24, 2.45) is 5.92 Å². The lowest BCUT2D eigenvalue weighted by Crippen LogP contribution is -2.29. The van der Waals surface area contributed by atoms with Gasteiger partial charge < -0.3 is 9.88 Å². The van der Waals surface area contributed by atoms with E-state index < -0.39 is 0 Å². The van der Waals surface area contributed by atoms with Crippen molar-refractivity contribution in [1.29, 1.82) is 0 Å². The summed E-state index contributed by atoms with van der Waals surface area (Å²) in [7, 11) is 0. The molecule has 0 unspecified atom stereocenters. The Kier molecular flexibility index (Phi) is 3.42. The van der Waals surface area contributed by atoms with Crippen LogP contribution in [0.3, 0.4) is 0 Å². The summed E-state index contributed by atoms with van der Waals surface area (Å²) in [4.78, 5) is 17.9. The maximum atomic E-state index is 12.3. The van der Waals surface area contributed by atoms with Gasteiger partial charge in [0, 0.05) is 18.1 Å². The van der Waals surface area contributed by atoms with Crippen LogP contribution in [0.25, 0.3) is 21.6 Å². The zero-order valence-corrected chi connectivity index (χ0v) is 13.0. The summed E-state index contributed by atoms with van der Waals surface area (Å²) in [5, 5.41) is 6.16. The van der Waals surface area contributed by atoms with Crippen LogP contribution in [0.2, 0.25) is 0 Å². The fourth-order valence-electron chi connectivity index (χ4n) is 2.66. The van der Waals surface area contributed by atoms with Crippen molar-refractivity contribution in [3.63, 3.8) is 0 Å². The highest BCUT2D eigenvalue weighted by atomic mass is 32.1. The first-order valence-corrected chi connectivity index (χ1v) is 8.44. The predicted molar refractivity (Wildman–Crippen MR) is 88.8 cm³/mol. The highest BCUT2D eigenvalue weighted by molar-refractivity contribution is 7.13. The molecule has 0 spiro atoms. The molecule has 3 heterocycles. The monoisotopic (exact) mass is 311 g/mol. The van der Waals surface area contributed by atoms with Crippen LogP contribution in [-0.2, 0) is 11.3 Å². The highest BCUT2D eigenvalue weighted by Crippen LogP contribution is 2.30. The number of carbonyl (C=O) groups is 1.